The molecule has 44 heavy (non-hydrogen) atoms. The number of nitrogens with one attached hydrogen (secondary N) is 1. The fraction of sp³-hybridized carbons (Fsp3) is 0.270. The first-order valence-corrected chi connectivity index (χ1v) is 15.0. The van der Waals surface area contributed by atoms with Gasteiger partial charge in [0.2, 0.25) is 0 Å². The number of ether oxygens (including phenoxy) is 2. The maximum Gasteiger partial charge on any atom is 0.337 e. The predicted octanol–water partition coefficient (Wildman–Crippen LogP) is 6.50. The molecular formula is C37H40N4O3. The Morgan fingerprint density at radius 3 is 2.02 bits per heavy atom. The van der Waals surface area contributed by atoms with Crippen LogP contribution in [-0.2, 0) is 28.5 Å². The Labute approximate surface area is 259 Å². The first kappa shape index (κ1) is 30.9. The molecule has 0 fully saturated rings. The second-order valence-electron chi connectivity index (χ2n) is 11.0. The molecule has 2 aromatic heterocycles. The lowest BCUT2D eigenvalue weighted by atomic mass is 9.77. The van der Waals surface area contributed by atoms with Crippen LogP contribution in [0.5, 0.6) is 0 Å². The van der Waals surface area contributed by atoms with Crippen molar-refractivity contribution in [2.45, 2.75) is 38.3 Å². The number of aromatic nitrogens is 3. The van der Waals surface area contributed by atoms with Crippen LogP contribution in [0.1, 0.15) is 51.8 Å². The fourth-order valence-electron chi connectivity index (χ4n) is 5.77. The van der Waals surface area contributed by atoms with E-state index >= 15 is 0 Å². The summed E-state index contributed by atoms with van der Waals surface area (Å²) in [5.41, 5.74) is 6.89. The van der Waals surface area contributed by atoms with Crippen LogP contribution in [0.15, 0.2) is 109 Å². The van der Waals surface area contributed by atoms with E-state index in [0.717, 1.165) is 29.8 Å². The van der Waals surface area contributed by atoms with Gasteiger partial charge in [-0.25, -0.2) is 4.79 Å². The van der Waals surface area contributed by atoms with Gasteiger partial charge in [0.25, 0.3) is 0 Å². The molecule has 0 saturated heterocycles. The lowest BCUT2D eigenvalue weighted by Crippen LogP contribution is -2.47. The third-order valence-corrected chi connectivity index (χ3v) is 7.95. The minimum absolute atomic E-state index is 0.0300. The van der Waals surface area contributed by atoms with Crippen molar-refractivity contribution in [3.8, 4) is 11.3 Å². The predicted molar refractivity (Wildman–Crippen MR) is 173 cm³/mol. The van der Waals surface area contributed by atoms with Gasteiger partial charge in [-0.2, -0.15) is 5.10 Å². The third-order valence-electron chi connectivity index (χ3n) is 7.95. The maximum atomic E-state index is 12.2. The van der Waals surface area contributed by atoms with Crippen LogP contribution in [-0.4, -0.2) is 47.1 Å². The molecule has 0 saturated carbocycles. The largest absolute Gasteiger partial charge is 0.465 e. The summed E-state index contributed by atoms with van der Waals surface area (Å²) in [4.78, 5) is 16.9. The molecule has 1 N–H and O–H groups in total. The van der Waals surface area contributed by atoms with Gasteiger partial charge in [0.1, 0.15) is 0 Å². The molecule has 5 aromatic rings. The zero-order valence-electron chi connectivity index (χ0n) is 25.9. The van der Waals surface area contributed by atoms with Crippen LogP contribution in [0, 0.1) is 6.92 Å². The van der Waals surface area contributed by atoms with Gasteiger partial charge in [-0.15, -0.1) is 0 Å². The number of esters is 1. The van der Waals surface area contributed by atoms with E-state index in [1.807, 2.05) is 24.9 Å². The third kappa shape index (κ3) is 6.80. The van der Waals surface area contributed by atoms with Crippen molar-refractivity contribution in [2.24, 2.45) is 7.05 Å². The molecule has 1 unspecified atom stereocenters. The highest BCUT2D eigenvalue weighted by atomic mass is 16.5. The molecule has 1 atom stereocenters. The molecule has 7 heteroatoms. The van der Waals surface area contributed by atoms with E-state index in [4.69, 9.17) is 9.47 Å². The Hall–Kier alpha value is -4.59. The highest BCUT2D eigenvalue weighted by Crippen LogP contribution is 2.36. The summed E-state index contributed by atoms with van der Waals surface area (Å²) >= 11 is 0. The summed E-state index contributed by atoms with van der Waals surface area (Å²) in [6, 6.07) is 35.3. The van der Waals surface area contributed by atoms with Crippen molar-refractivity contribution >= 4 is 5.97 Å². The lowest BCUT2D eigenvalue weighted by molar-refractivity contribution is 0.0599. The topological polar surface area (TPSA) is 78.3 Å². The average molecular weight is 589 g/mol. The number of hydrogen-bond acceptors (Lipinski definition) is 6. The van der Waals surface area contributed by atoms with Crippen LogP contribution in [0.4, 0.5) is 0 Å². The Balaban J connectivity index is 1.28. The molecule has 0 amide bonds. The number of rotatable bonds is 13. The van der Waals surface area contributed by atoms with E-state index < -0.39 is 5.54 Å². The quantitative estimate of drug-likeness (QED) is 0.0962. The Morgan fingerprint density at radius 1 is 0.909 bits per heavy atom. The minimum atomic E-state index is -0.533. The fourth-order valence-corrected chi connectivity index (χ4v) is 5.77. The zero-order valence-corrected chi connectivity index (χ0v) is 25.9. The van der Waals surface area contributed by atoms with Crippen LogP contribution in [0.25, 0.3) is 11.3 Å². The molecule has 0 aliphatic rings. The molecule has 0 radical (unpaired) electrons. The maximum absolute atomic E-state index is 12.2. The van der Waals surface area contributed by atoms with Crippen molar-refractivity contribution in [1.29, 1.82) is 0 Å². The minimum Gasteiger partial charge on any atom is -0.465 e. The molecule has 7 nitrogen and oxygen atoms in total. The van der Waals surface area contributed by atoms with Gasteiger partial charge >= 0.3 is 5.97 Å². The van der Waals surface area contributed by atoms with Crippen molar-refractivity contribution in [2.75, 3.05) is 20.3 Å². The van der Waals surface area contributed by atoms with Gasteiger partial charge in [0, 0.05) is 37.2 Å². The highest BCUT2D eigenvalue weighted by Gasteiger charge is 2.36. The van der Waals surface area contributed by atoms with Crippen LogP contribution >= 0.6 is 0 Å². The summed E-state index contributed by atoms with van der Waals surface area (Å²) in [5.74, 6) is -0.381. The van der Waals surface area contributed by atoms with Crippen molar-refractivity contribution in [3.63, 3.8) is 0 Å². The monoisotopic (exact) mass is 588 g/mol. The molecule has 0 aliphatic carbocycles. The molecule has 226 valence electrons. The zero-order chi connectivity index (χ0) is 30.9. The number of hydrogen-bond donors (Lipinski definition) is 1. The molecule has 0 aliphatic heterocycles. The summed E-state index contributed by atoms with van der Waals surface area (Å²) in [7, 11) is 3.31. The molecular weight excluding hydrogens is 548 g/mol. The van der Waals surface area contributed by atoms with E-state index in [0.29, 0.717) is 24.4 Å². The van der Waals surface area contributed by atoms with E-state index in [2.05, 4.69) is 113 Å². The molecule has 2 heterocycles. The van der Waals surface area contributed by atoms with Gasteiger partial charge in [-0.05, 0) is 55.5 Å². The summed E-state index contributed by atoms with van der Waals surface area (Å²) in [6.45, 7) is 5.23. The SMILES string of the molecule is COC(=O)c1cc(C)nc(-c2cnn(C)c2CCCOC(C)CNC(c2ccccc2)(c2ccccc2)c2ccccc2)c1. The number of methoxy groups -OCH3 is 1. The second-order valence-corrected chi connectivity index (χ2v) is 11.0. The van der Waals surface area contributed by atoms with E-state index in [-0.39, 0.29) is 12.1 Å². The number of benzene rings is 3. The van der Waals surface area contributed by atoms with Gasteiger partial charge in [-0.3, -0.25) is 15.0 Å². The molecule has 5 rings (SSSR count). The van der Waals surface area contributed by atoms with Crippen LogP contribution < -0.4 is 5.32 Å². The second kappa shape index (κ2) is 14.3. The van der Waals surface area contributed by atoms with E-state index in [9.17, 15) is 4.79 Å². The van der Waals surface area contributed by atoms with Crippen molar-refractivity contribution in [3.05, 3.63) is 143 Å². The van der Waals surface area contributed by atoms with Crippen LogP contribution in [0.2, 0.25) is 0 Å². The number of carbonyl (C=O) groups is 1. The average Bonchev–Trinajstić information content (AvgIpc) is 3.44. The van der Waals surface area contributed by atoms with E-state index in [1.54, 1.807) is 12.1 Å². The summed E-state index contributed by atoms with van der Waals surface area (Å²) in [5, 5.41) is 8.40. The molecule has 0 bridgehead atoms. The number of nitrogens with zero attached hydrogens (tertiary/aromatic N) is 3. The van der Waals surface area contributed by atoms with Gasteiger partial charge in [0.05, 0.1) is 36.2 Å². The lowest BCUT2D eigenvalue weighted by Gasteiger charge is -2.38. The normalized spacial score (nSPS) is 12.2. The number of pyridine rings is 1. The van der Waals surface area contributed by atoms with Gasteiger partial charge < -0.3 is 9.47 Å². The number of aryl methyl sites for hydroxylation is 2. The highest BCUT2D eigenvalue weighted by molar-refractivity contribution is 5.90. The Kier molecular flexibility index (Phi) is 10.00. The summed E-state index contributed by atoms with van der Waals surface area (Å²) < 4.78 is 13.1. The first-order chi connectivity index (χ1) is 21.4. The molecule has 3 aromatic carbocycles. The van der Waals surface area contributed by atoms with Crippen molar-refractivity contribution < 1.29 is 14.3 Å². The Morgan fingerprint density at radius 2 is 1.48 bits per heavy atom. The summed E-state index contributed by atoms with van der Waals surface area (Å²) in [6.07, 6.45) is 3.35. The standard InChI is InChI=1S/C37H40N4O3/c1-27-23-29(36(42)43-4)24-34(40-27)33-26-39-41(3)35(33)21-14-22-44-28(2)25-38-37(30-15-8-5-9-16-30,31-17-10-6-11-18-31)32-19-12-7-13-20-32/h5-13,15-20,23-24,26,28,38H,14,21-22,25H2,1-4H3. The molecule has 0 spiro atoms. The van der Waals surface area contributed by atoms with Gasteiger partial charge in [-0.1, -0.05) is 91.0 Å². The Bertz CT molecular complexity index is 1560. The van der Waals surface area contributed by atoms with Crippen molar-refractivity contribution in [1.82, 2.24) is 20.1 Å². The van der Waals surface area contributed by atoms with E-state index in [1.165, 1.54) is 23.8 Å². The number of carbonyl (C=O) groups excluding carboxylic acids is 1. The van der Waals surface area contributed by atoms with Crippen LogP contribution in [0.3, 0.4) is 0 Å². The smallest absolute Gasteiger partial charge is 0.337 e. The first-order valence-electron chi connectivity index (χ1n) is 15.0. The van der Waals surface area contributed by atoms with Gasteiger partial charge in [0.15, 0.2) is 0 Å².